The SMILES string of the molecule is Cc1ccc(NC(=O)COc2ccccc2C(=O)NCCc2ccccc2)c(Br)c1. The fourth-order valence-corrected chi connectivity index (χ4v) is 3.48. The van der Waals surface area contributed by atoms with E-state index in [0.29, 0.717) is 23.5 Å². The number of benzene rings is 3. The Morgan fingerprint density at radius 2 is 1.70 bits per heavy atom. The predicted octanol–water partition coefficient (Wildman–Crippen LogP) is 4.75. The van der Waals surface area contributed by atoms with Crippen LogP contribution in [0, 0.1) is 6.92 Å². The van der Waals surface area contributed by atoms with Gasteiger partial charge in [-0.2, -0.15) is 0 Å². The van der Waals surface area contributed by atoms with E-state index in [1.807, 2.05) is 55.5 Å². The molecule has 0 atom stereocenters. The van der Waals surface area contributed by atoms with Gasteiger partial charge in [0.2, 0.25) is 0 Å². The first-order valence-corrected chi connectivity index (χ1v) is 10.4. The van der Waals surface area contributed by atoms with Gasteiger partial charge in [-0.25, -0.2) is 0 Å². The molecule has 3 rings (SSSR count). The fraction of sp³-hybridized carbons (Fsp3) is 0.167. The number of anilines is 1. The molecule has 0 aliphatic heterocycles. The third-order valence-electron chi connectivity index (χ3n) is 4.43. The molecule has 0 aromatic heterocycles. The van der Waals surface area contributed by atoms with Gasteiger partial charge in [0.15, 0.2) is 6.61 Å². The van der Waals surface area contributed by atoms with Gasteiger partial charge in [0.25, 0.3) is 11.8 Å². The zero-order valence-electron chi connectivity index (χ0n) is 16.7. The molecule has 0 saturated carbocycles. The minimum Gasteiger partial charge on any atom is -0.483 e. The summed E-state index contributed by atoms with van der Waals surface area (Å²) in [4.78, 5) is 24.8. The number of hydrogen-bond acceptors (Lipinski definition) is 3. The third kappa shape index (κ3) is 6.19. The second kappa shape index (κ2) is 10.6. The molecule has 0 radical (unpaired) electrons. The van der Waals surface area contributed by atoms with Gasteiger partial charge in [0.05, 0.1) is 11.3 Å². The van der Waals surface area contributed by atoms with Crippen LogP contribution in [0.15, 0.2) is 77.3 Å². The number of halogens is 1. The molecule has 0 unspecified atom stereocenters. The topological polar surface area (TPSA) is 67.4 Å². The quantitative estimate of drug-likeness (QED) is 0.503. The van der Waals surface area contributed by atoms with E-state index in [4.69, 9.17) is 4.74 Å². The maximum atomic E-state index is 12.6. The molecule has 0 heterocycles. The van der Waals surface area contributed by atoms with E-state index in [9.17, 15) is 9.59 Å². The van der Waals surface area contributed by atoms with Crippen LogP contribution in [0.4, 0.5) is 5.69 Å². The van der Waals surface area contributed by atoms with E-state index in [1.165, 1.54) is 0 Å². The number of carbonyl (C=O) groups is 2. The van der Waals surface area contributed by atoms with Crippen LogP contribution in [0.3, 0.4) is 0 Å². The van der Waals surface area contributed by atoms with Gasteiger partial charge in [0, 0.05) is 11.0 Å². The Morgan fingerprint density at radius 3 is 2.47 bits per heavy atom. The molecular weight excluding hydrogens is 444 g/mol. The van der Waals surface area contributed by atoms with E-state index in [2.05, 4.69) is 26.6 Å². The second-order valence-electron chi connectivity index (χ2n) is 6.81. The largest absolute Gasteiger partial charge is 0.483 e. The zero-order chi connectivity index (χ0) is 21.3. The fourth-order valence-electron chi connectivity index (χ4n) is 2.89. The smallest absolute Gasteiger partial charge is 0.262 e. The number of amides is 2. The molecule has 154 valence electrons. The number of aryl methyl sites for hydroxylation is 1. The summed E-state index contributed by atoms with van der Waals surface area (Å²) in [5.74, 6) is -0.171. The lowest BCUT2D eigenvalue weighted by molar-refractivity contribution is -0.118. The lowest BCUT2D eigenvalue weighted by Crippen LogP contribution is -2.27. The Bertz CT molecular complexity index is 1020. The van der Waals surface area contributed by atoms with E-state index >= 15 is 0 Å². The first-order valence-electron chi connectivity index (χ1n) is 9.63. The van der Waals surface area contributed by atoms with Crippen molar-refractivity contribution in [2.24, 2.45) is 0 Å². The first-order chi connectivity index (χ1) is 14.5. The standard InChI is InChI=1S/C24H23BrN2O3/c1-17-11-12-21(20(25)15-17)27-23(28)16-30-22-10-6-5-9-19(22)24(29)26-14-13-18-7-3-2-4-8-18/h2-12,15H,13-14,16H2,1H3,(H,26,29)(H,27,28). The molecule has 30 heavy (non-hydrogen) atoms. The zero-order valence-corrected chi connectivity index (χ0v) is 18.2. The summed E-state index contributed by atoms with van der Waals surface area (Å²) in [5.41, 5.74) is 3.31. The van der Waals surface area contributed by atoms with Crippen molar-refractivity contribution >= 4 is 33.4 Å². The average molecular weight is 467 g/mol. The van der Waals surface area contributed by atoms with Crippen LogP contribution in [0.5, 0.6) is 5.75 Å². The molecule has 2 amide bonds. The van der Waals surface area contributed by atoms with Gasteiger partial charge in [-0.15, -0.1) is 0 Å². The summed E-state index contributed by atoms with van der Waals surface area (Å²) in [5, 5.41) is 5.70. The highest BCUT2D eigenvalue weighted by Crippen LogP contribution is 2.23. The highest BCUT2D eigenvalue weighted by Gasteiger charge is 2.13. The van der Waals surface area contributed by atoms with Gasteiger partial charge in [-0.3, -0.25) is 9.59 Å². The van der Waals surface area contributed by atoms with Gasteiger partial charge in [-0.1, -0.05) is 48.5 Å². The van der Waals surface area contributed by atoms with Gasteiger partial charge in [0.1, 0.15) is 5.75 Å². The molecule has 5 nitrogen and oxygen atoms in total. The molecular formula is C24H23BrN2O3. The Hall–Kier alpha value is -3.12. The van der Waals surface area contributed by atoms with Crippen molar-refractivity contribution in [2.75, 3.05) is 18.5 Å². The molecule has 0 fully saturated rings. The number of para-hydroxylation sites is 1. The summed E-state index contributed by atoms with van der Waals surface area (Å²) in [6.45, 7) is 2.29. The maximum Gasteiger partial charge on any atom is 0.262 e. The second-order valence-corrected chi connectivity index (χ2v) is 7.66. The minimum atomic E-state index is -0.307. The van der Waals surface area contributed by atoms with Crippen LogP contribution in [-0.4, -0.2) is 25.0 Å². The van der Waals surface area contributed by atoms with E-state index in [1.54, 1.807) is 24.3 Å². The minimum absolute atomic E-state index is 0.200. The third-order valence-corrected chi connectivity index (χ3v) is 5.09. The highest BCUT2D eigenvalue weighted by atomic mass is 79.9. The van der Waals surface area contributed by atoms with Crippen LogP contribution in [-0.2, 0) is 11.2 Å². The maximum absolute atomic E-state index is 12.6. The summed E-state index contributed by atoms with van der Waals surface area (Å²) < 4.78 is 6.43. The van der Waals surface area contributed by atoms with Crippen LogP contribution in [0.1, 0.15) is 21.5 Å². The Kier molecular flexibility index (Phi) is 7.63. The van der Waals surface area contributed by atoms with Crippen LogP contribution in [0.25, 0.3) is 0 Å². The highest BCUT2D eigenvalue weighted by molar-refractivity contribution is 9.10. The van der Waals surface area contributed by atoms with Gasteiger partial charge < -0.3 is 15.4 Å². The Balaban J connectivity index is 1.55. The molecule has 6 heteroatoms. The molecule has 0 spiro atoms. The van der Waals surface area contributed by atoms with Crippen molar-refractivity contribution in [3.8, 4) is 5.75 Å². The first kappa shape index (κ1) is 21.6. The normalized spacial score (nSPS) is 10.3. The predicted molar refractivity (Wildman–Crippen MR) is 122 cm³/mol. The van der Waals surface area contributed by atoms with Crippen LogP contribution < -0.4 is 15.4 Å². The Labute approximate surface area is 184 Å². The number of hydrogen-bond donors (Lipinski definition) is 2. The van der Waals surface area contributed by atoms with Crippen molar-refractivity contribution in [1.82, 2.24) is 5.32 Å². The molecule has 3 aromatic rings. The lowest BCUT2D eigenvalue weighted by atomic mass is 10.1. The number of rotatable bonds is 8. The molecule has 0 saturated heterocycles. The van der Waals surface area contributed by atoms with Crippen molar-refractivity contribution in [2.45, 2.75) is 13.3 Å². The lowest BCUT2D eigenvalue weighted by Gasteiger charge is -2.12. The van der Waals surface area contributed by atoms with E-state index < -0.39 is 0 Å². The molecule has 3 aromatic carbocycles. The van der Waals surface area contributed by atoms with Gasteiger partial charge in [-0.05, 0) is 64.7 Å². The Morgan fingerprint density at radius 1 is 0.967 bits per heavy atom. The van der Waals surface area contributed by atoms with E-state index in [-0.39, 0.29) is 18.4 Å². The molecule has 0 bridgehead atoms. The van der Waals surface area contributed by atoms with Crippen LogP contribution >= 0.6 is 15.9 Å². The summed E-state index contributed by atoms with van der Waals surface area (Å²) >= 11 is 3.43. The van der Waals surface area contributed by atoms with E-state index in [0.717, 1.165) is 22.0 Å². The van der Waals surface area contributed by atoms with Crippen molar-refractivity contribution in [1.29, 1.82) is 0 Å². The number of carbonyl (C=O) groups excluding carboxylic acids is 2. The summed E-state index contributed by atoms with van der Waals surface area (Å²) in [6, 6.07) is 22.5. The van der Waals surface area contributed by atoms with Crippen molar-refractivity contribution < 1.29 is 14.3 Å². The monoisotopic (exact) mass is 466 g/mol. The van der Waals surface area contributed by atoms with Gasteiger partial charge >= 0.3 is 0 Å². The summed E-state index contributed by atoms with van der Waals surface area (Å²) in [7, 11) is 0. The molecule has 2 N–H and O–H groups in total. The summed E-state index contributed by atoms with van der Waals surface area (Å²) in [6.07, 6.45) is 0.740. The number of nitrogens with one attached hydrogen (secondary N) is 2. The number of ether oxygens (including phenoxy) is 1. The van der Waals surface area contributed by atoms with Crippen molar-refractivity contribution in [3.05, 3.63) is 94.0 Å². The average Bonchev–Trinajstić information content (AvgIpc) is 2.75. The molecule has 0 aliphatic carbocycles. The van der Waals surface area contributed by atoms with Crippen LogP contribution in [0.2, 0.25) is 0 Å². The van der Waals surface area contributed by atoms with Crippen molar-refractivity contribution in [3.63, 3.8) is 0 Å². The molecule has 0 aliphatic rings.